The van der Waals surface area contributed by atoms with Gasteiger partial charge < -0.3 is 34.4 Å². The highest BCUT2D eigenvalue weighted by Gasteiger charge is 2.44. The van der Waals surface area contributed by atoms with Crippen LogP contribution in [0.1, 0.15) is 6.23 Å². The Morgan fingerprint density at radius 3 is 2.54 bits per heavy atom. The first-order valence-corrected chi connectivity index (χ1v) is 8.66. The Morgan fingerprint density at radius 1 is 1.25 bits per heavy atom. The molecule has 0 aromatic carbocycles. The zero-order valence-corrected chi connectivity index (χ0v) is 13.1. The first-order valence-electron chi connectivity index (χ1n) is 6.86. The van der Waals surface area contributed by atoms with Crippen molar-refractivity contribution in [3.05, 3.63) is 18.1 Å². The predicted molar refractivity (Wildman–Crippen MR) is 76.4 cm³/mol. The fourth-order valence-electron chi connectivity index (χ4n) is 2.57. The lowest BCUT2D eigenvalue weighted by Gasteiger charge is -2.16. The van der Waals surface area contributed by atoms with Gasteiger partial charge in [0.2, 0.25) is 0 Å². The lowest BCUT2D eigenvalue weighted by Crippen LogP contribution is -2.33. The summed E-state index contributed by atoms with van der Waals surface area (Å²) < 4.78 is 18.7. The quantitative estimate of drug-likeness (QED) is 0.319. The van der Waals surface area contributed by atoms with Gasteiger partial charge in [0.25, 0.3) is 0 Å². The van der Waals surface area contributed by atoms with E-state index in [4.69, 9.17) is 25.0 Å². The van der Waals surface area contributed by atoms with Gasteiger partial charge in [0.05, 0.1) is 19.3 Å². The van der Waals surface area contributed by atoms with Crippen LogP contribution in [-0.4, -0.2) is 69.1 Å². The van der Waals surface area contributed by atoms with Crippen LogP contribution < -0.4 is 5.49 Å². The molecule has 0 radical (unpaired) electrons. The molecule has 0 spiro atoms. The van der Waals surface area contributed by atoms with E-state index in [0.717, 1.165) is 10.9 Å². The largest absolute Gasteiger partial charge is 0.394 e. The molecule has 132 valence electrons. The molecular formula is C11H16N5O7P. The highest BCUT2D eigenvalue weighted by atomic mass is 31.2. The summed E-state index contributed by atoms with van der Waals surface area (Å²) in [5, 5.41) is 37.0. The summed E-state index contributed by atoms with van der Waals surface area (Å²) in [7, 11) is -4.39. The van der Waals surface area contributed by atoms with Crippen LogP contribution in [0.5, 0.6) is 0 Å². The summed E-state index contributed by atoms with van der Waals surface area (Å²) in [6.07, 6.45) is -3.07. The van der Waals surface area contributed by atoms with Gasteiger partial charge in [0, 0.05) is 0 Å². The van der Waals surface area contributed by atoms with Gasteiger partial charge in [-0.1, -0.05) is 0 Å². The zero-order valence-electron chi connectivity index (χ0n) is 12.2. The summed E-state index contributed by atoms with van der Waals surface area (Å²) in [5.74, 6) is 0. The third-order valence-corrected chi connectivity index (χ3v) is 4.40. The molecular weight excluding hydrogens is 345 g/mol. The summed E-state index contributed by atoms with van der Waals surface area (Å²) in [6.45, 7) is -0.485. The van der Waals surface area contributed by atoms with E-state index in [1.54, 1.807) is 0 Å². The molecule has 0 unspecified atom stereocenters. The second-order valence-electron chi connectivity index (χ2n) is 5.42. The monoisotopic (exact) mass is 361 g/mol. The molecule has 1 aliphatic heterocycles. The van der Waals surface area contributed by atoms with Crippen LogP contribution >= 0.6 is 7.60 Å². The van der Waals surface area contributed by atoms with Gasteiger partial charge in [0.15, 0.2) is 17.4 Å². The van der Waals surface area contributed by atoms with Crippen LogP contribution in [0.25, 0.3) is 11.2 Å². The summed E-state index contributed by atoms with van der Waals surface area (Å²) >= 11 is 0. The SMILES string of the molecule is N=c1c2ncn([C@@H]3O[C@H](CO)[C@@H](O)[C@H]3O)c2ncn1CP(=O)(O)O. The van der Waals surface area contributed by atoms with Crippen molar-refractivity contribution in [1.82, 2.24) is 19.1 Å². The Labute approximate surface area is 134 Å². The van der Waals surface area contributed by atoms with Crippen molar-refractivity contribution in [2.24, 2.45) is 0 Å². The van der Waals surface area contributed by atoms with Crippen molar-refractivity contribution in [2.75, 3.05) is 6.61 Å². The molecule has 1 saturated heterocycles. The van der Waals surface area contributed by atoms with Crippen molar-refractivity contribution >= 4 is 18.8 Å². The molecule has 1 fully saturated rings. The van der Waals surface area contributed by atoms with E-state index >= 15 is 0 Å². The second-order valence-corrected chi connectivity index (χ2v) is 7.03. The van der Waals surface area contributed by atoms with Crippen LogP contribution in [0.3, 0.4) is 0 Å². The molecule has 24 heavy (non-hydrogen) atoms. The fourth-order valence-corrected chi connectivity index (χ4v) is 3.18. The number of nitrogens with one attached hydrogen (secondary N) is 1. The number of hydrogen-bond acceptors (Lipinski definition) is 8. The maximum absolute atomic E-state index is 11.1. The van der Waals surface area contributed by atoms with E-state index in [2.05, 4.69) is 9.97 Å². The zero-order chi connectivity index (χ0) is 17.6. The Balaban J connectivity index is 2.02. The minimum absolute atomic E-state index is 0.0451. The first-order chi connectivity index (χ1) is 11.2. The molecule has 13 heteroatoms. The van der Waals surface area contributed by atoms with Crippen LogP contribution in [0, 0.1) is 5.41 Å². The molecule has 1 aliphatic rings. The molecule has 4 atom stereocenters. The van der Waals surface area contributed by atoms with Crippen LogP contribution in [0.2, 0.25) is 0 Å². The number of fused-ring (bicyclic) bond motifs is 1. The Bertz CT molecular complexity index is 860. The molecule has 12 nitrogen and oxygen atoms in total. The molecule has 3 heterocycles. The van der Waals surface area contributed by atoms with E-state index in [9.17, 15) is 14.8 Å². The number of hydrogen-bond donors (Lipinski definition) is 6. The number of rotatable bonds is 4. The standard InChI is InChI=1S/C11H16N5O7P/c12-9-6-10(14-2-15(9)4-24(20,21)22)16(3-13-6)11-8(19)7(18)5(1-17)23-11/h2-3,5,7-8,11-12,17-19H,1,4H2,(H2,20,21,22)/t5-,7-,8-,11-/m1/s1. The van der Waals surface area contributed by atoms with Crippen molar-refractivity contribution in [3.63, 3.8) is 0 Å². The molecule has 3 rings (SSSR count). The number of aliphatic hydroxyl groups is 3. The summed E-state index contributed by atoms with van der Waals surface area (Å²) in [4.78, 5) is 26.0. The number of nitrogens with zero attached hydrogens (tertiary/aromatic N) is 4. The molecule has 0 saturated carbocycles. The van der Waals surface area contributed by atoms with Crippen molar-refractivity contribution < 1.29 is 34.4 Å². The van der Waals surface area contributed by atoms with Crippen LogP contribution in [0.15, 0.2) is 12.7 Å². The number of aliphatic hydroxyl groups excluding tert-OH is 3. The van der Waals surface area contributed by atoms with Crippen LogP contribution in [0.4, 0.5) is 0 Å². The topological polar surface area (TPSA) is 187 Å². The maximum Gasteiger partial charge on any atom is 0.345 e. The Kier molecular flexibility index (Phi) is 4.30. The van der Waals surface area contributed by atoms with Gasteiger partial charge in [-0.05, 0) is 0 Å². The smallest absolute Gasteiger partial charge is 0.345 e. The van der Waals surface area contributed by atoms with Gasteiger partial charge in [-0.25, -0.2) is 9.97 Å². The van der Waals surface area contributed by atoms with E-state index in [0.29, 0.717) is 0 Å². The van der Waals surface area contributed by atoms with E-state index in [1.807, 2.05) is 0 Å². The van der Waals surface area contributed by atoms with Gasteiger partial charge >= 0.3 is 7.60 Å². The number of aromatic nitrogens is 4. The third kappa shape index (κ3) is 2.89. The molecule has 2 aromatic heterocycles. The van der Waals surface area contributed by atoms with Gasteiger partial charge in [-0.3, -0.25) is 14.5 Å². The van der Waals surface area contributed by atoms with E-state index < -0.39 is 45.0 Å². The molecule has 6 N–H and O–H groups in total. The highest BCUT2D eigenvalue weighted by molar-refractivity contribution is 7.50. The Morgan fingerprint density at radius 2 is 1.96 bits per heavy atom. The lowest BCUT2D eigenvalue weighted by atomic mass is 10.1. The van der Waals surface area contributed by atoms with Gasteiger partial charge in [-0.15, -0.1) is 0 Å². The van der Waals surface area contributed by atoms with E-state index in [1.165, 1.54) is 10.9 Å². The van der Waals surface area contributed by atoms with Gasteiger partial charge in [-0.2, -0.15) is 0 Å². The van der Waals surface area contributed by atoms with E-state index in [-0.39, 0.29) is 16.7 Å². The molecule has 2 aromatic rings. The average Bonchev–Trinajstić information content (AvgIpc) is 3.04. The van der Waals surface area contributed by atoms with Crippen molar-refractivity contribution in [3.8, 4) is 0 Å². The summed E-state index contributed by atoms with van der Waals surface area (Å²) in [5.41, 5.74) is -0.0886. The minimum Gasteiger partial charge on any atom is -0.394 e. The number of ether oxygens (including phenoxy) is 1. The number of imidazole rings is 1. The third-order valence-electron chi connectivity index (χ3n) is 3.73. The fraction of sp³-hybridized carbons (Fsp3) is 0.545. The normalized spacial score (nSPS) is 27.9. The van der Waals surface area contributed by atoms with Crippen molar-refractivity contribution in [1.29, 1.82) is 5.41 Å². The lowest BCUT2D eigenvalue weighted by molar-refractivity contribution is -0.0511. The average molecular weight is 361 g/mol. The Hall–Kier alpha value is -1.66. The minimum atomic E-state index is -4.39. The summed E-state index contributed by atoms with van der Waals surface area (Å²) in [6, 6.07) is 0. The predicted octanol–water partition coefficient (Wildman–Crippen LogP) is -2.54. The maximum atomic E-state index is 11.1. The molecule has 0 bridgehead atoms. The van der Waals surface area contributed by atoms with Crippen molar-refractivity contribution in [2.45, 2.75) is 30.8 Å². The molecule has 0 amide bonds. The second kappa shape index (κ2) is 6.01. The van der Waals surface area contributed by atoms with Crippen LogP contribution in [-0.2, 0) is 15.6 Å². The van der Waals surface area contributed by atoms with Gasteiger partial charge in [0.1, 0.15) is 30.1 Å². The highest BCUT2D eigenvalue weighted by Crippen LogP contribution is 2.36. The molecule has 0 aliphatic carbocycles. The first kappa shape index (κ1) is 17.2.